The van der Waals surface area contributed by atoms with E-state index < -0.39 is 0 Å². The van der Waals surface area contributed by atoms with Gasteiger partial charge in [-0.15, -0.1) is 0 Å². The number of piperazine rings is 1. The molecule has 2 nitrogen and oxygen atoms in total. The minimum Gasteiger partial charge on any atom is -0.293 e. The summed E-state index contributed by atoms with van der Waals surface area (Å²) in [7, 11) is 0. The molecule has 1 radical (unpaired) electrons. The number of hydrogen-bond acceptors (Lipinski definition) is 1. The van der Waals surface area contributed by atoms with Crippen LogP contribution in [0.2, 0.25) is 0 Å². The lowest BCUT2D eigenvalue weighted by atomic mass is 9.91. The topological polar surface area (TPSA) is 17.3 Å². The van der Waals surface area contributed by atoms with Crippen LogP contribution < -0.4 is 5.32 Å². The molecule has 0 spiro atoms. The molecule has 1 aliphatic rings. The van der Waals surface area contributed by atoms with Crippen LogP contribution in [0.15, 0.2) is 91.0 Å². The molecule has 1 saturated heterocycles. The molecule has 4 rings (SSSR count). The highest BCUT2D eigenvalue weighted by molar-refractivity contribution is 5.21. The predicted octanol–water partition coefficient (Wildman–Crippen LogP) is 4.33. The first-order chi connectivity index (χ1) is 13.4. The molecule has 0 N–H and O–H groups in total. The molecule has 1 heterocycles. The molecule has 137 valence electrons. The summed E-state index contributed by atoms with van der Waals surface area (Å²) in [5.74, 6) is 0. The van der Waals surface area contributed by atoms with Crippen LogP contribution in [0.1, 0.15) is 16.7 Å². The summed E-state index contributed by atoms with van der Waals surface area (Å²) >= 11 is 0. The Morgan fingerprint density at radius 1 is 0.667 bits per heavy atom. The van der Waals surface area contributed by atoms with Gasteiger partial charge in [0.1, 0.15) is 0 Å². The fraction of sp³-hybridized carbons (Fsp3) is 0.280. The summed E-state index contributed by atoms with van der Waals surface area (Å²) in [6.07, 6.45) is 2.07. The van der Waals surface area contributed by atoms with Crippen LogP contribution in [0.25, 0.3) is 0 Å². The number of benzene rings is 3. The van der Waals surface area contributed by atoms with Gasteiger partial charge in [0.15, 0.2) is 0 Å². The Labute approximate surface area is 162 Å². The zero-order chi connectivity index (χ0) is 18.3. The Kier molecular flexibility index (Phi) is 5.98. The zero-order valence-corrected chi connectivity index (χ0v) is 15.7. The third-order valence-corrected chi connectivity index (χ3v) is 5.47. The number of rotatable bonds is 6. The van der Waals surface area contributed by atoms with Gasteiger partial charge in [0.25, 0.3) is 0 Å². The van der Waals surface area contributed by atoms with Crippen molar-refractivity contribution in [2.24, 2.45) is 0 Å². The molecule has 2 atom stereocenters. The van der Waals surface area contributed by atoms with E-state index in [9.17, 15) is 0 Å². The first-order valence-electron chi connectivity index (χ1n) is 9.91. The number of nitrogens with zero attached hydrogens (tertiary/aromatic N) is 2. The minimum atomic E-state index is 0.338. The molecular formula is C25H27N2. The van der Waals surface area contributed by atoms with Gasteiger partial charge in [0.2, 0.25) is 0 Å². The first-order valence-corrected chi connectivity index (χ1v) is 9.91. The third kappa shape index (κ3) is 4.85. The SMILES string of the molecule is c1ccc(CC2[N]CCN(Cc3ccccc3)C2Cc2ccccc2)cc1. The van der Waals surface area contributed by atoms with E-state index in [1.807, 2.05) is 0 Å². The van der Waals surface area contributed by atoms with Crippen molar-refractivity contribution in [2.45, 2.75) is 31.5 Å². The monoisotopic (exact) mass is 355 g/mol. The summed E-state index contributed by atoms with van der Waals surface area (Å²) in [5.41, 5.74) is 4.16. The summed E-state index contributed by atoms with van der Waals surface area (Å²) in [6, 6.07) is 33.3. The van der Waals surface area contributed by atoms with Gasteiger partial charge < -0.3 is 0 Å². The Morgan fingerprint density at radius 3 is 1.78 bits per heavy atom. The van der Waals surface area contributed by atoms with Gasteiger partial charge in [-0.05, 0) is 29.5 Å². The largest absolute Gasteiger partial charge is 0.293 e. The first kappa shape index (κ1) is 18.0. The second kappa shape index (κ2) is 8.98. The van der Waals surface area contributed by atoms with Gasteiger partial charge in [0.05, 0.1) is 0 Å². The van der Waals surface area contributed by atoms with Crippen molar-refractivity contribution in [1.82, 2.24) is 10.2 Å². The molecule has 27 heavy (non-hydrogen) atoms. The molecule has 2 unspecified atom stereocenters. The van der Waals surface area contributed by atoms with Gasteiger partial charge in [0, 0.05) is 31.7 Å². The molecule has 1 aliphatic heterocycles. The quantitative estimate of drug-likeness (QED) is 0.643. The van der Waals surface area contributed by atoms with Crippen molar-refractivity contribution in [1.29, 1.82) is 0 Å². The zero-order valence-electron chi connectivity index (χ0n) is 15.7. The van der Waals surface area contributed by atoms with Crippen LogP contribution in [0, 0.1) is 0 Å². The van der Waals surface area contributed by atoms with Crippen molar-refractivity contribution in [3.63, 3.8) is 0 Å². The average Bonchev–Trinajstić information content (AvgIpc) is 2.73. The van der Waals surface area contributed by atoms with E-state index in [1.165, 1.54) is 16.7 Å². The second-order valence-corrected chi connectivity index (χ2v) is 7.38. The standard InChI is InChI=1S/C25H27N2/c1-4-10-21(11-5-1)18-24-25(19-22-12-6-2-7-13-22)27(17-16-26-24)20-23-14-8-3-9-15-23/h1-15,24-25H,16-20H2. The molecule has 1 fully saturated rings. The summed E-state index contributed by atoms with van der Waals surface area (Å²) in [6.45, 7) is 2.96. The molecule has 2 heteroatoms. The Hall–Kier alpha value is -2.42. The molecule has 3 aromatic carbocycles. The minimum absolute atomic E-state index is 0.338. The average molecular weight is 356 g/mol. The Balaban J connectivity index is 1.56. The highest BCUT2D eigenvalue weighted by atomic mass is 15.2. The highest BCUT2D eigenvalue weighted by Crippen LogP contribution is 2.22. The Bertz CT molecular complexity index is 752. The Morgan fingerprint density at radius 2 is 1.19 bits per heavy atom. The summed E-state index contributed by atoms with van der Waals surface area (Å²) < 4.78 is 0. The lowest BCUT2D eigenvalue weighted by Gasteiger charge is -2.41. The van der Waals surface area contributed by atoms with Gasteiger partial charge in [-0.1, -0.05) is 91.0 Å². The van der Waals surface area contributed by atoms with E-state index in [0.717, 1.165) is 32.5 Å². The van der Waals surface area contributed by atoms with Crippen LogP contribution in [0.4, 0.5) is 0 Å². The fourth-order valence-electron chi connectivity index (χ4n) is 4.07. The van der Waals surface area contributed by atoms with Gasteiger partial charge in [-0.25, -0.2) is 5.32 Å². The van der Waals surface area contributed by atoms with Crippen LogP contribution in [0.3, 0.4) is 0 Å². The third-order valence-electron chi connectivity index (χ3n) is 5.47. The molecule has 0 aliphatic carbocycles. The van der Waals surface area contributed by atoms with Crippen molar-refractivity contribution in [2.75, 3.05) is 13.1 Å². The number of hydrogen-bond donors (Lipinski definition) is 0. The highest BCUT2D eigenvalue weighted by Gasteiger charge is 2.32. The normalized spacial score (nSPS) is 20.4. The van der Waals surface area contributed by atoms with E-state index in [1.54, 1.807) is 0 Å². The van der Waals surface area contributed by atoms with Gasteiger partial charge in [-0.3, -0.25) is 4.90 Å². The van der Waals surface area contributed by atoms with Crippen LogP contribution >= 0.6 is 0 Å². The second-order valence-electron chi connectivity index (χ2n) is 7.38. The predicted molar refractivity (Wildman–Crippen MR) is 112 cm³/mol. The molecule has 0 bridgehead atoms. The fourth-order valence-corrected chi connectivity index (χ4v) is 4.07. The van der Waals surface area contributed by atoms with Crippen molar-refractivity contribution in [3.05, 3.63) is 108 Å². The van der Waals surface area contributed by atoms with Crippen molar-refractivity contribution < 1.29 is 0 Å². The molecule has 0 saturated carbocycles. The van der Waals surface area contributed by atoms with Gasteiger partial charge >= 0.3 is 0 Å². The van der Waals surface area contributed by atoms with E-state index in [2.05, 4.69) is 95.9 Å². The molecular weight excluding hydrogens is 328 g/mol. The maximum Gasteiger partial charge on any atom is 0.0445 e. The molecule has 0 amide bonds. The van der Waals surface area contributed by atoms with Crippen LogP contribution in [0.5, 0.6) is 0 Å². The lowest BCUT2D eigenvalue weighted by molar-refractivity contribution is 0.108. The van der Waals surface area contributed by atoms with Crippen LogP contribution in [-0.4, -0.2) is 30.1 Å². The maximum absolute atomic E-state index is 5.05. The van der Waals surface area contributed by atoms with Gasteiger partial charge in [-0.2, -0.15) is 0 Å². The van der Waals surface area contributed by atoms with E-state index in [4.69, 9.17) is 5.32 Å². The van der Waals surface area contributed by atoms with E-state index in [-0.39, 0.29) is 0 Å². The lowest BCUT2D eigenvalue weighted by Crippen LogP contribution is -2.56. The summed E-state index contributed by atoms with van der Waals surface area (Å²) in [5, 5.41) is 5.05. The smallest absolute Gasteiger partial charge is 0.0445 e. The van der Waals surface area contributed by atoms with Crippen molar-refractivity contribution in [3.8, 4) is 0 Å². The van der Waals surface area contributed by atoms with E-state index in [0.29, 0.717) is 12.1 Å². The molecule has 0 aromatic heterocycles. The molecule has 3 aromatic rings. The maximum atomic E-state index is 5.05. The van der Waals surface area contributed by atoms with E-state index >= 15 is 0 Å². The van der Waals surface area contributed by atoms with Crippen LogP contribution in [-0.2, 0) is 19.4 Å². The van der Waals surface area contributed by atoms with Crippen molar-refractivity contribution >= 4 is 0 Å². The summed E-state index contributed by atoms with van der Waals surface area (Å²) in [4.78, 5) is 2.64.